The zero-order valence-electron chi connectivity index (χ0n) is 7.90. The Morgan fingerprint density at radius 2 is 2.14 bits per heavy atom. The lowest BCUT2D eigenvalue weighted by molar-refractivity contribution is 0.194. The first-order valence-corrected chi connectivity index (χ1v) is 4.36. The number of hydrogen-bond donors (Lipinski definition) is 3. The summed E-state index contributed by atoms with van der Waals surface area (Å²) >= 11 is 0. The van der Waals surface area contributed by atoms with E-state index in [1.165, 1.54) is 0 Å². The molecule has 0 saturated carbocycles. The number of benzene rings is 1. The fraction of sp³-hybridized carbons (Fsp3) is 0.300. The van der Waals surface area contributed by atoms with Crippen LogP contribution >= 0.6 is 0 Å². The summed E-state index contributed by atoms with van der Waals surface area (Å²) in [7, 11) is 0. The first-order valence-electron chi connectivity index (χ1n) is 4.36. The first-order chi connectivity index (χ1) is 6.61. The molecule has 0 aliphatic rings. The molecule has 0 saturated heterocycles. The largest absolute Gasteiger partial charge is 0.508 e. The molecule has 0 heterocycles. The number of carboxylic acid groups (broad SMARTS) is 1. The first kappa shape index (κ1) is 10.4. The molecule has 0 bridgehead atoms. The van der Waals surface area contributed by atoms with Crippen LogP contribution in [0.5, 0.6) is 5.75 Å². The highest BCUT2D eigenvalue weighted by molar-refractivity contribution is 5.64. The molecular formula is C10H13NO3. The predicted octanol–water partition coefficient (Wildman–Crippen LogP) is 1.76. The topological polar surface area (TPSA) is 69.6 Å². The summed E-state index contributed by atoms with van der Waals surface area (Å²) in [6.45, 7) is 2.15. The Hall–Kier alpha value is -1.71. The van der Waals surface area contributed by atoms with Crippen molar-refractivity contribution in [1.82, 2.24) is 5.32 Å². The molecule has 1 aromatic carbocycles. The number of aromatic hydroxyl groups is 1. The molecule has 14 heavy (non-hydrogen) atoms. The van der Waals surface area contributed by atoms with Gasteiger partial charge < -0.3 is 15.5 Å². The molecule has 0 aliphatic carbocycles. The summed E-state index contributed by atoms with van der Waals surface area (Å²) in [6, 6.07) is 6.92. The lowest BCUT2D eigenvalue weighted by Gasteiger charge is -2.12. The molecule has 76 valence electrons. The number of para-hydroxylation sites is 1. The van der Waals surface area contributed by atoms with Gasteiger partial charge in [-0.1, -0.05) is 25.1 Å². The Bertz CT molecular complexity index is 325. The predicted molar refractivity (Wildman–Crippen MR) is 52.5 cm³/mol. The van der Waals surface area contributed by atoms with Gasteiger partial charge in [0.1, 0.15) is 5.75 Å². The SMILES string of the molecule is CC(CNC(=O)O)c1ccccc1O. The standard InChI is InChI=1S/C10H13NO3/c1-7(6-11-10(13)14)8-4-2-3-5-9(8)12/h2-5,7,11-12H,6H2,1H3,(H,13,14). The van der Waals surface area contributed by atoms with Gasteiger partial charge in [0.2, 0.25) is 0 Å². The van der Waals surface area contributed by atoms with Crippen LogP contribution < -0.4 is 5.32 Å². The molecule has 1 atom stereocenters. The maximum atomic E-state index is 10.2. The van der Waals surface area contributed by atoms with Crippen LogP contribution in [0.15, 0.2) is 24.3 Å². The molecule has 4 nitrogen and oxygen atoms in total. The van der Waals surface area contributed by atoms with Crippen LogP contribution in [-0.4, -0.2) is 22.9 Å². The molecule has 0 aromatic heterocycles. The van der Waals surface area contributed by atoms with Gasteiger partial charge in [-0.05, 0) is 11.6 Å². The lowest BCUT2D eigenvalue weighted by atomic mass is 10.0. The quantitative estimate of drug-likeness (QED) is 0.688. The Kier molecular flexibility index (Phi) is 3.34. The number of amides is 1. The summed E-state index contributed by atoms with van der Waals surface area (Å²) in [5.41, 5.74) is 0.751. The van der Waals surface area contributed by atoms with Crippen LogP contribution in [0.1, 0.15) is 18.4 Å². The van der Waals surface area contributed by atoms with Crippen molar-refractivity contribution in [2.24, 2.45) is 0 Å². The average molecular weight is 195 g/mol. The molecule has 1 amide bonds. The normalized spacial score (nSPS) is 12.1. The third kappa shape index (κ3) is 2.65. The van der Waals surface area contributed by atoms with E-state index in [1.54, 1.807) is 18.2 Å². The molecule has 0 spiro atoms. The van der Waals surface area contributed by atoms with Gasteiger partial charge in [0.05, 0.1) is 0 Å². The highest BCUT2D eigenvalue weighted by Crippen LogP contribution is 2.24. The lowest BCUT2D eigenvalue weighted by Crippen LogP contribution is -2.25. The van der Waals surface area contributed by atoms with Gasteiger partial charge in [0.15, 0.2) is 0 Å². The minimum absolute atomic E-state index is 0.0349. The second-order valence-corrected chi connectivity index (χ2v) is 3.15. The number of nitrogens with one attached hydrogen (secondary N) is 1. The van der Waals surface area contributed by atoms with Crippen LogP contribution in [-0.2, 0) is 0 Å². The zero-order chi connectivity index (χ0) is 10.6. The van der Waals surface area contributed by atoms with Crippen molar-refractivity contribution in [2.45, 2.75) is 12.8 Å². The minimum Gasteiger partial charge on any atom is -0.508 e. The highest BCUT2D eigenvalue weighted by Gasteiger charge is 2.10. The van der Waals surface area contributed by atoms with Crippen LogP contribution in [0.3, 0.4) is 0 Å². The summed E-state index contributed by atoms with van der Waals surface area (Å²) < 4.78 is 0. The van der Waals surface area contributed by atoms with E-state index in [9.17, 15) is 9.90 Å². The number of phenols is 1. The molecule has 3 N–H and O–H groups in total. The van der Waals surface area contributed by atoms with E-state index >= 15 is 0 Å². The van der Waals surface area contributed by atoms with Crippen molar-refractivity contribution in [3.8, 4) is 5.75 Å². The number of phenolic OH excluding ortho intramolecular Hbond substituents is 1. The molecule has 0 fully saturated rings. The van der Waals surface area contributed by atoms with Gasteiger partial charge >= 0.3 is 6.09 Å². The van der Waals surface area contributed by atoms with Gasteiger partial charge in [-0.25, -0.2) is 4.79 Å². The summed E-state index contributed by atoms with van der Waals surface area (Å²) in [5, 5.41) is 20.2. The van der Waals surface area contributed by atoms with E-state index in [4.69, 9.17) is 5.11 Å². The fourth-order valence-corrected chi connectivity index (χ4v) is 1.25. The van der Waals surface area contributed by atoms with E-state index < -0.39 is 6.09 Å². The van der Waals surface area contributed by atoms with E-state index in [1.807, 2.05) is 13.0 Å². The third-order valence-electron chi connectivity index (χ3n) is 2.03. The van der Waals surface area contributed by atoms with Crippen molar-refractivity contribution in [2.75, 3.05) is 6.54 Å². The van der Waals surface area contributed by atoms with Crippen LogP contribution in [0, 0.1) is 0 Å². The smallest absolute Gasteiger partial charge is 0.404 e. The van der Waals surface area contributed by atoms with Gasteiger partial charge in [0.25, 0.3) is 0 Å². The van der Waals surface area contributed by atoms with Crippen molar-refractivity contribution < 1.29 is 15.0 Å². The molecule has 0 aliphatic heterocycles. The van der Waals surface area contributed by atoms with Gasteiger partial charge in [0, 0.05) is 12.5 Å². The van der Waals surface area contributed by atoms with Crippen molar-refractivity contribution in [3.05, 3.63) is 29.8 Å². The summed E-state index contributed by atoms with van der Waals surface area (Å²) in [4.78, 5) is 10.2. The van der Waals surface area contributed by atoms with E-state index in [-0.39, 0.29) is 11.7 Å². The van der Waals surface area contributed by atoms with E-state index in [0.29, 0.717) is 6.54 Å². The monoisotopic (exact) mass is 195 g/mol. The van der Waals surface area contributed by atoms with Gasteiger partial charge in [-0.15, -0.1) is 0 Å². The third-order valence-corrected chi connectivity index (χ3v) is 2.03. The second kappa shape index (κ2) is 4.50. The van der Waals surface area contributed by atoms with E-state index in [0.717, 1.165) is 5.56 Å². The van der Waals surface area contributed by atoms with Gasteiger partial charge in [-0.2, -0.15) is 0 Å². The van der Waals surface area contributed by atoms with Crippen LogP contribution in [0.2, 0.25) is 0 Å². The van der Waals surface area contributed by atoms with Gasteiger partial charge in [-0.3, -0.25) is 0 Å². The van der Waals surface area contributed by atoms with Crippen molar-refractivity contribution in [3.63, 3.8) is 0 Å². The Morgan fingerprint density at radius 3 is 2.71 bits per heavy atom. The fourth-order valence-electron chi connectivity index (χ4n) is 1.25. The number of hydrogen-bond acceptors (Lipinski definition) is 2. The number of rotatable bonds is 3. The Morgan fingerprint density at radius 1 is 1.50 bits per heavy atom. The second-order valence-electron chi connectivity index (χ2n) is 3.15. The van der Waals surface area contributed by atoms with Crippen molar-refractivity contribution in [1.29, 1.82) is 0 Å². The molecule has 1 rings (SSSR count). The maximum Gasteiger partial charge on any atom is 0.404 e. The minimum atomic E-state index is -1.05. The zero-order valence-corrected chi connectivity index (χ0v) is 7.90. The van der Waals surface area contributed by atoms with E-state index in [2.05, 4.69) is 5.32 Å². The molecule has 4 heteroatoms. The molecule has 1 unspecified atom stereocenters. The van der Waals surface area contributed by atoms with Crippen LogP contribution in [0.4, 0.5) is 4.79 Å². The highest BCUT2D eigenvalue weighted by atomic mass is 16.4. The molecular weight excluding hydrogens is 182 g/mol. The Labute approximate surface area is 82.2 Å². The Balaban J connectivity index is 2.65. The average Bonchev–Trinajstić information content (AvgIpc) is 2.15. The van der Waals surface area contributed by atoms with Crippen molar-refractivity contribution >= 4 is 6.09 Å². The summed E-state index contributed by atoms with van der Waals surface area (Å²) in [5.74, 6) is 0.166. The summed E-state index contributed by atoms with van der Waals surface area (Å²) in [6.07, 6.45) is -1.05. The molecule has 1 aromatic rings. The maximum absolute atomic E-state index is 10.2. The molecule has 0 radical (unpaired) electrons. The van der Waals surface area contributed by atoms with Crippen LogP contribution in [0.25, 0.3) is 0 Å². The number of carbonyl (C=O) groups is 1.